The smallest absolute Gasteiger partial charge is 0.191 e. The summed E-state index contributed by atoms with van der Waals surface area (Å²) in [6, 6.07) is 14.4. The SMILES string of the molecule is CC1CC=C2C(C#N)=C(N)C(C#N)(C#N)[C@@H](c3cccc(I)c3)[C@@H]2C1. The summed E-state index contributed by atoms with van der Waals surface area (Å²) in [6.07, 6.45) is 3.80. The molecule has 0 fully saturated rings. The molecule has 4 nitrogen and oxygen atoms in total. The molecule has 0 aliphatic heterocycles. The quantitative estimate of drug-likeness (QED) is 0.664. The molecule has 3 atom stereocenters. The first-order chi connectivity index (χ1) is 12.0. The topological polar surface area (TPSA) is 97.4 Å². The van der Waals surface area contributed by atoms with Crippen LogP contribution in [0.15, 0.2) is 47.2 Å². The fraction of sp³-hybridized carbons (Fsp3) is 0.350. The van der Waals surface area contributed by atoms with Crippen LogP contribution in [-0.4, -0.2) is 0 Å². The molecule has 0 amide bonds. The molecule has 0 radical (unpaired) electrons. The molecule has 2 aliphatic rings. The molecule has 1 aromatic carbocycles. The number of hydrogen-bond donors (Lipinski definition) is 1. The van der Waals surface area contributed by atoms with E-state index in [0.29, 0.717) is 11.5 Å². The summed E-state index contributed by atoms with van der Waals surface area (Å²) >= 11 is 2.23. The summed E-state index contributed by atoms with van der Waals surface area (Å²) in [5, 5.41) is 29.6. The predicted molar refractivity (Wildman–Crippen MR) is 102 cm³/mol. The minimum Gasteiger partial charge on any atom is -0.399 e. The van der Waals surface area contributed by atoms with E-state index in [9.17, 15) is 15.8 Å². The highest BCUT2D eigenvalue weighted by Crippen LogP contribution is 2.56. The Kier molecular flexibility index (Phi) is 4.58. The van der Waals surface area contributed by atoms with E-state index in [2.05, 4.69) is 53.8 Å². The molecular weight excluding hydrogens is 423 g/mol. The molecule has 0 bridgehead atoms. The number of rotatable bonds is 1. The predicted octanol–water partition coefficient (Wildman–Crippen LogP) is 4.13. The van der Waals surface area contributed by atoms with Gasteiger partial charge in [-0.2, -0.15) is 15.8 Å². The Bertz CT molecular complexity index is 893. The highest BCUT2D eigenvalue weighted by Gasteiger charge is 2.54. The van der Waals surface area contributed by atoms with E-state index in [1.54, 1.807) is 0 Å². The number of hydrogen-bond acceptors (Lipinski definition) is 4. The maximum absolute atomic E-state index is 9.97. The van der Waals surface area contributed by atoms with Crippen LogP contribution in [0.25, 0.3) is 0 Å². The minimum atomic E-state index is -1.52. The number of allylic oxidation sites excluding steroid dienone is 4. The van der Waals surface area contributed by atoms with E-state index >= 15 is 0 Å². The summed E-state index contributed by atoms with van der Waals surface area (Å²) in [7, 11) is 0. The van der Waals surface area contributed by atoms with Crippen molar-refractivity contribution in [2.75, 3.05) is 0 Å². The molecule has 2 aliphatic carbocycles. The van der Waals surface area contributed by atoms with E-state index in [0.717, 1.165) is 27.5 Å². The molecule has 5 heteroatoms. The van der Waals surface area contributed by atoms with Gasteiger partial charge in [0, 0.05) is 9.49 Å². The molecule has 2 N–H and O–H groups in total. The maximum atomic E-state index is 9.97. The van der Waals surface area contributed by atoms with Gasteiger partial charge in [0.15, 0.2) is 5.41 Å². The monoisotopic (exact) mass is 440 g/mol. The first-order valence-corrected chi connectivity index (χ1v) is 9.25. The second kappa shape index (κ2) is 6.54. The Morgan fingerprint density at radius 2 is 1.96 bits per heavy atom. The van der Waals surface area contributed by atoms with Crippen molar-refractivity contribution in [3.05, 3.63) is 56.3 Å². The van der Waals surface area contributed by atoms with Crippen LogP contribution >= 0.6 is 22.6 Å². The van der Waals surface area contributed by atoms with Gasteiger partial charge in [-0.15, -0.1) is 0 Å². The highest BCUT2D eigenvalue weighted by molar-refractivity contribution is 14.1. The molecule has 0 saturated heterocycles. The summed E-state index contributed by atoms with van der Waals surface area (Å²) in [5.74, 6) is 0.0138. The van der Waals surface area contributed by atoms with Gasteiger partial charge in [0.05, 0.1) is 23.4 Å². The van der Waals surface area contributed by atoms with Crippen molar-refractivity contribution in [1.29, 1.82) is 15.8 Å². The average Bonchev–Trinajstić information content (AvgIpc) is 2.61. The van der Waals surface area contributed by atoms with Crippen LogP contribution in [0.5, 0.6) is 0 Å². The van der Waals surface area contributed by atoms with Gasteiger partial charge < -0.3 is 5.73 Å². The minimum absolute atomic E-state index is 0.0526. The van der Waals surface area contributed by atoms with Gasteiger partial charge >= 0.3 is 0 Å². The number of benzene rings is 1. The Hall–Kier alpha value is -2.30. The first-order valence-electron chi connectivity index (χ1n) is 8.17. The third-order valence-corrected chi connectivity index (χ3v) is 5.99. The van der Waals surface area contributed by atoms with Crippen molar-refractivity contribution >= 4 is 22.6 Å². The Balaban J connectivity index is 2.34. The molecule has 0 aromatic heterocycles. The van der Waals surface area contributed by atoms with Crippen molar-refractivity contribution in [3.8, 4) is 18.2 Å². The summed E-state index contributed by atoms with van der Waals surface area (Å²) in [6.45, 7) is 2.16. The van der Waals surface area contributed by atoms with Crippen LogP contribution in [0.3, 0.4) is 0 Å². The summed E-state index contributed by atoms with van der Waals surface area (Å²) in [5.41, 5.74) is 7.00. The molecule has 1 aromatic rings. The normalized spacial score (nSPS) is 27.3. The van der Waals surface area contributed by atoms with Crippen LogP contribution in [0.2, 0.25) is 0 Å². The van der Waals surface area contributed by atoms with Gasteiger partial charge in [-0.25, -0.2) is 0 Å². The zero-order chi connectivity index (χ0) is 18.2. The van der Waals surface area contributed by atoms with E-state index in [-0.39, 0.29) is 17.5 Å². The Labute approximate surface area is 161 Å². The number of fused-ring (bicyclic) bond motifs is 1. The molecule has 0 saturated carbocycles. The number of nitrogens with zero attached hydrogens (tertiary/aromatic N) is 3. The van der Waals surface area contributed by atoms with E-state index in [4.69, 9.17) is 5.73 Å². The molecule has 0 spiro atoms. The molecular formula is C20H17IN4. The van der Waals surface area contributed by atoms with Crippen LogP contribution in [0.1, 0.15) is 31.2 Å². The van der Waals surface area contributed by atoms with Gasteiger partial charge in [0.25, 0.3) is 0 Å². The number of nitrogens with two attached hydrogens (primary N) is 1. The third kappa shape index (κ3) is 2.62. The van der Waals surface area contributed by atoms with Crippen LogP contribution in [-0.2, 0) is 0 Å². The van der Waals surface area contributed by atoms with Crippen molar-refractivity contribution in [2.24, 2.45) is 23.0 Å². The van der Waals surface area contributed by atoms with Gasteiger partial charge in [-0.3, -0.25) is 0 Å². The first kappa shape index (κ1) is 17.5. The highest BCUT2D eigenvalue weighted by atomic mass is 127. The van der Waals surface area contributed by atoms with Gasteiger partial charge in [-0.1, -0.05) is 25.1 Å². The average molecular weight is 440 g/mol. The second-order valence-corrected chi connectivity index (χ2v) is 8.05. The van der Waals surface area contributed by atoms with Crippen molar-refractivity contribution in [2.45, 2.75) is 25.7 Å². The van der Waals surface area contributed by atoms with Crippen molar-refractivity contribution < 1.29 is 0 Å². The summed E-state index contributed by atoms with van der Waals surface area (Å²) in [4.78, 5) is 0. The van der Waals surface area contributed by atoms with Crippen LogP contribution in [0.4, 0.5) is 0 Å². The van der Waals surface area contributed by atoms with Crippen molar-refractivity contribution in [3.63, 3.8) is 0 Å². The van der Waals surface area contributed by atoms with Crippen molar-refractivity contribution in [1.82, 2.24) is 0 Å². The molecule has 25 heavy (non-hydrogen) atoms. The number of nitriles is 3. The summed E-state index contributed by atoms with van der Waals surface area (Å²) < 4.78 is 1.04. The van der Waals surface area contributed by atoms with Gasteiger partial charge in [0.1, 0.15) is 6.07 Å². The fourth-order valence-electron chi connectivity index (χ4n) is 4.15. The Morgan fingerprint density at radius 1 is 1.24 bits per heavy atom. The second-order valence-electron chi connectivity index (χ2n) is 6.81. The molecule has 3 rings (SSSR count). The largest absolute Gasteiger partial charge is 0.399 e. The van der Waals surface area contributed by atoms with E-state index in [1.807, 2.05) is 24.3 Å². The zero-order valence-corrected chi connectivity index (χ0v) is 16.0. The standard InChI is InChI=1S/C20H17IN4/c1-12-5-6-15-16(7-12)18(13-3-2-4-14(21)8-13)20(10-23,11-24)19(25)17(15)9-22/h2-4,6,8,12,16,18H,5,7,25H2,1H3/t12?,16-,18+/m1/s1. The third-order valence-electron chi connectivity index (χ3n) is 5.32. The number of halogens is 1. The van der Waals surface area contributed by atoms with Crippen LogP contribution < -0.4 is 5.73 Å². The molecule has 1 unspecified atom stereocenters. The van der Waals surface area contributed by atoms with E-state index in [1.165, 1.54) is 0 Å². The lowest BCUT2D eigenvalue weighted by Gasteiger charge is -2.44. The fourth-order valence-corrected chi connectivity index (χ4v) is 4.72. The lowest BCUT2D eigenvalue weighted by atomic mass is 9.56. The lowest BCUT2D eigenvalue weighted by molar-refractivity contribution is 0.284. The van der Waals surface area contributed by atoms with Gasteiger partial charge in [-0.05, 0) is 70.5 Å². The zero-order valence-electron chi connectivity index (χ0n) is 13.8. The maximum Gasteiger partial charge on any atom is 0.191 e. The lowest BCUT2D eigenvalue weighted by Crippen LogP contribution is -2.43. The molecule has 0 heterocycles. The molecule has 124 valence electrons. The van der Waals surface area contributed by atoms with Gasteiger partial charge in [0.2, 0.25) is 0 Å². The Morgan fingerprint density at radius 3 is 2.56 bits per heavy atom. The van der Waals surface area contributed by atoms with Crippen LogP contribution in [0, 0.1) is 54.8 Å². The van der Waals surface area contributed by atoms with E-state index < -0.39 is 5.41 Å².